The molecule has 0 aromatic carbocycles. The van der Waals surface area contributed by atoms with Crippen molar-refractivity contribution in [2.24, 2.45) is 11.7 Å². The van der Waals surface area contributed by atoms with Crippen molar-refractivity contribution in [1.29, 1.82) is 0 Å². The number of unbranched alkanes of at least 4 members (excludes halogenated alkanes) is 3. The van der Waals surface area contributed by atoms with E-state index in [1.54, 1.807) is 0 Å². The minimum atomic E-state index is 0.272. The number of carbonyl (C=O) groups excluding carboxylic acids is 1. The highest BCUT2D eigenvalue weighted by atomic mass is 16.5. The van der Waals surface area contributed by atoms with E-state index in [0.29, 0.717) is 12.3 Å². The molecule has 4 nitrogen and oxygen atoms in total. The van der Waals surface area contributed by atoms with E-state index in [1.165, 1.54) is 6.42 Å². The minimum Gasteiger partial charge on any atom is -0.381 e. The molecule has 0 bridgehead atoms. The summed E-state index contributed by atoms with van der Waals surface area (Å²) >= 11 is 0. The molecular formula is C14H28N2O2. The lowest BCUT2D eigenvalue weighted by molar-refractivity contribution is -0.131. The van der Waals surface area contributed by atoms with E-state index in [-0.39, 0.29) is 5.91 Å². The highest BCUT2D eigenvalue weighted by Crippen LogP contribution is 2.15. The second-order valence-corrected chi connectivity index (χ2v) is 5.31. The normalized spacial score (nSPS) is 19.8. The van der Waals surface area contributed by atoms with Crippen LogP contribution in [0.5, 0.6) is 0 Å². The van der Waals surface area contributed by atoms with E-state index in [2.05, 4.69) is 0 Å². The summed E-state index contributed by atoms with van der Waals surface area (Å²) in [5, 5.41) is 0. The third-order valence-electron chi connectivity index (χ3n) is 3.56. The zero-order valence-corrected chi connectivity index (χ0v) is 11.7. The van der Waals surface area contributed by atoms with Crippen LogP contribution in [0.25, 0.3) is 0 Å². The maximum atomic E-state index is 11.9. The molecular weight excluding hydrogens is 228 g/mol. The third-order valence-corrected chi connectivity index (χ3v) is 3.56. The van der Waals surface area contributed by atoms with Crippen LogP contribution in [0, 0.1) is 5.92 Å². The Bertz CT molecular complexity index is 228. The third kappa shape index (κ3) is 6.36. The van der Waals surface area contributed by atoms with Crippen molar-refractivity contribution in [1.82, 2.24) is 4.90 Å². The van der Waals surface area contributed by atoms with Gasteiger partial charge in [0.15, 0.2) is 0 Å². The number of nitrogens with two attached hydrogens (primary N) is 1. The van der Waals surface area contributed by atoms with Gasteiger partial charge < -0.3 is 15.4 Å². The fourth-order valence-corrected chi connectivity index (χ4v) is 2.41. The van der Waals surface area contributed by atoms with Gasteiger partial charge in [-0.3, -0.25) is 4.79 Å². The zero-order chi connectivity index (χ0) is 13.2. The first-order chi connectivity index (χ1) is 8.74. The molecule has 106 valence electrons. The molecule has 1 rings (SSSR count). The second kappa shape index (κ2) is 9.34. The summed E-state index contributed by atoms with van der Waals surface area (Å²) < 4.78 is 5.44. The van der Waals surface area contributed by atoms with Crippen molar-refractivity contribution in [3.63, 3.8) is 0 Å². The summed E-state index contributed by atoms with van der Waals surface area (Å²) in [5.41, 5.74) is 5.44. The Morgan fingerprint density at radius 2 is 2.11 bits per heavy atom. The fourth-order valence-electron chi connectivity index (χ4n) is 2.41. The molecule has 0 radical (unpaired) electrons. The molecule has 0 saturated carbocycles. The summed E-state index contributed by atoms with van der Waals surface area (Å²) in [5.74, 6) is 0.804. The first-order valence-corrected chi connectivity index (χ1v) is 7.26. The maximum Gasteiger partial charge on any atom is 0.222 e. The lowest BCUT2D eigenvalue weighted by atomic mass is 10.0. The van der Waals surface area contributed by atoms with Crippen LogP contribution in [0.4, 0.5) is 0 Å². The molecule has 1 heterocycles. The molecule has 1 atom stereocenters. The zero-order valence-electron chi connectivity index (χ0n) is 11.7. The maximum absolute atomic E-state index is 11.9. The number of nitrogens with zero attached hydrogens (tertiary/aromatic N) is 1. The van der Waals surface area contributed by atoms with Gasteiger partial charge in [-0.25, -0.2) is 0 Å². The van der Waals surface area contributed by atoms with Crippen LogP contribution in [-0.2, 0) is 9.53 Å². The minimum absolute atomic E-state index is 0.272. The van der Waals surface area contributed by atoms with Gasteiger partial charge in [0.2, 0.25) is 5.91 Å². The number of hydrogen-bond donors (Lipinski definition) is 1. The number of ether oxygens (including phenoxy) is 1. The Morgan fingerprint density at radius 3 is 2.78 bits per heavy atom. The van der Waals surface area contributed by atoms with Crippen molar-refractivity contribution in [3.8, 4) is 0 Å². The average Bonchev–Trinajstić information content (AvgIpc) is 2.39. The topological polar surface area (TPSA) is 55.6 Å². The first-order valence-electron chi connectivity index (χ1n) is 7.26. The smallest absolute Gasteiger partial charge is 0.222 e. The first kappa shape index (κ1) is 15.4. The number of rotatable bonds is 8. The van der Waals surface area contributed by atoms with Crippen molar-refractivity contribution in [2.45, 2.75) is 44.9 Å². The van der Waals surface area contributed by atoms with Gasteiger partial charge in [0.1, 0.15) is 0 Å². The Balaban J connectivity index is 2.08. The molecule has 0 aromatic heterocycles. The number of carbonyl (C=O) groups is 1. The quantitative estimate of drug-likeness (QED) is 0.674. The van der Waals surface area contributed by atoms with Crippen LogP contribution >= 0.6 is 0 Å². The molecule has 0 spiro atoms. The van der Waals surface area contributed by atoms with Crippen molar-refractivity contribution in [3.05, 3.63) is 0 Å². The summed E-state index contributed by atoms with van der Waals surface area (Å²) in [7, 11) is 1.91. The molecule has 1 amide bonds. The van der Waals surface area contributed by atoms with Gasteiger partial charge in [-0.15, -0.1) is 0 Å². The molecule has 1 saturated heterocycles. The van der Waals surface area contributed by atoms with E-state index in [1.807, 2.05) is 11.9 Å². The van der Waals surface area contributed by atoms with Gasteiger partial charge >= 0.3 is 0 Å². The number of amides is 1. The van der Waals surface area contributed by atoms with Gasteiger partial charge in [-0.2, -0.15) is 0 Å². The molecule has 1 aliphatic rings. The van der Waals surface area contributed by atoms with Crippen LogP contribution < -0.4 is 5.73 Å². The predicted octanol–water partition coefficient (Wildman–Crippen LogP) is 1.78. The molecule has 2 N–H and O–H groups in total. The van der Waals surface area contributed by atoms with Crippen LogP contribution in [0.3, 0.4) is 0 Å². The van der Waals surface area contributed by atoms with Gasteiger partial charge in [0, 0.05) is 26.6 Å². The number of hydrogen-bond acceptors (Lipinski definition) is 3. The lowest BCUT2D eigenvalue weighted by Gasteiger charge is -2.27. The lowest BCUT2D eigenvalue weighted by Crippen LogP contribution is -2.34. The summed E-state index contributed by atoms with van der Waals surface area (Å²) in [6.45, 7) is 3.31. The predicted molar refractivity (Wildman–Crippen MR) is 73.3 cm³/mol. The Hall–Kier alpha value is -0.610. The van der Waals surface area contributed by atoms with Crippen LogP contribution in [0.15, 0.2) is 0 Å². The van der Waals surface area contributed by atoms with Crippen molar-refractivity contribution < 1.29 is 9.53 Å². The monoisotopic (exact) mass is 256 g/mol. The Morgan fingerprint density at radius 1 is 1.33 bits per heavy atom. The van der Waals surface area contributed by atoms with Gasteiger partial charge in [-0.05, 0) is 38.1 Å². The largest absolute Gasteiger partial charge is 0.381 e. The van der Waals surface area contributed by atoms with Gasteiger partial charge in [-0.1, -0.05) is 12.8 Å². The van der Waals surface area contributed by atoms with Gasteiger partial charge in [0.25, 0.3) is 0 Å². The van der Waals surface area contributed by atoms with Gasteiger partial charge in [0.05, 0.1) is 6.61 Å². The van der Waals surface area contributed by atoms with E-state index < -0.39 is 0 Å². The summed E-state index contributed by atoms with van der Waals surface area (Å²) in [4.78, 5) is 13.8. The Kier molecular flexibility index (Phi) is 8.01. The average molecular weight is 256 g/mol. The van der Waals surface area contributed by atoms with E-state index in [0.717, 1.165) is 58.4 Å². The van der Waals surface area contributed by atoms with Crippen LogP contribution in [-0.4, -0.2) is 44.2 Å². The molecule has 1 fully saturated rings. The van der Waals surface area contributed by atoms with Crippen molar-refractivity contribution in [2.75, 3.05) is 33.4 Å². The molecule has 1 unspecified atom stereocenters. The fraction of sp³-hybridized carbons (Fsp3) is 0.929. The van der Waals surface area contributed by atoms with E-state index in [4.69, 9.17) is 10.5 Å². The highest BCUT2D eigenvalue weighted by molar-refractivity contribution is 5.75. The van der Waals surface area contributed by atoms with Crippen LogP contribution in [0.1, 0.15) is 44.9 Å². The standard InChI is InChI=1S/C14H28N2O2/c1-16(11-13-7-6-10-18-12-13)14(17)8-4-2-3-5-9-15/h13H,2-12,15H2,1H3. The highest BCUT2D eigenvalue weighted by Gasteiger charge is 2.18. The van der Waals surface area contributed by atoms with E-state index in [9.17, 15) is 4.79 Å². The molecule has 0 aliphatic carbocycles. The second-order valence-electron chi connectivity index (χ2n) is 5.31. The SMILES string of the molecule is CN(CC1CCCOC1)C(=O)CCCCCCN. The molecule has 0 aromatic rings. The Labute approximate surface area is 111 Å². The van der Waals surface area contributed by atoms with Crippen LogP contribution in [0.2, 0.25) is 0 Å². The molecule has 1 aliphatic heterocycles. The van der Waals surface area contributed by atoms with E-state index >= 15 is 0 Å². The van der Waals surface area contributed by atoms with Crippen molar-refractivity contribution >= 4 is 5.91 Å². The molecule has 18 heavy (non-hydrogen) atoms. The summed E-state index contributed by atoms with van der Waals surface area (Å²) in [6.07, 6.45) is 7.32. The molecule has 4 heteroatoms. The summed E-state index contributed by atoms with van der Waals surface area (Å²) in [6, 6.07) is 0.